The maximum absolute atomic E-state index is 12.6. The number of hydrogen-bond donors (Lipinski definition) is 1. The number of aryl methyl sites for hydroxylation is 2. The van der Waals surface area contributed by atoms with E-state index in [4.69, 9.17) is 0 Å². The molecular weight excluding hydrogens is 322 g/mol. The fourth-order valence-corrected chi connectivity index (χ4v) is 4.70. The first kappa shape index (κ1) is 15.4. The monoisotopic (exact) mass is 341 g/mol. The molecule has 4 nitrogen and oxygen atoms in total. The van der Waals surface area contributed by atoms with Gasteiger partial charge in [-0.05, 0) is 66.5 Å². The van der Waals surface area contributed by atoms with E-state index >= 15 is 0 Å². The smallest absolute Gasteiger partial charge is 0.264 e. The first-order valence-electron chi connectivity index (χ1n) is 8.31. The molecule has 0 aliphatic heterocycles. The molecule has 2 aromatic rings. The van der Waals surface area contributed by atoms with Crippen LogP contribution in [-0.4, -0.2) is 14.3 Å². The zero-order chi connectivity index (χ0) is 16.7. The molecule has 1 atom stereocenters. The summed E-state index contributed by atoms with van der Waals surface area (Å²) in [6.45, 7) is 0. The first-order valence-corrected chi connectivity index (χ1v) is 9.79. The van der Waals surface area contributed by atoms with Crippen LogP contribution in [0.1, 0.15) is 41.0 Å². The van der Waals surface area contributed by atoms with Crippen molar-refractivity contribution in [3.05, 3.63) is 64.7 Å². The van der Waals surface area contributed by atoms with E-state index in [1.54, 1.807) is 12.1 Å². The molecule has 2 aliphatic carbocycles. The average Bonchev–Trinajstić information content (AvgIpc) is 2.55. The van der Waals surface area contributed by atoms with Gasteiger partial charge in [-0.25, -0.2) is 13.1 Å². The third-order valence-corrected chi connectivity index (χ3v) is 6.38. The van der Waals surface area contributed by atoms with Gasteiger partial charge in [0.15, 0.2) is 0 Å². The van der Waals surface area contributed by atoms with Gasteiger partial charge < -0.3 is 0 Å². The molecule has 0 spiro atoms. The van der Waals surface area contributed by atoms with E-state index in [1.165, 1.54) is 5.56 Å². The highest BCUT2D eigenvalue weighted by molar-refractivity contribution is 7.90. The number of sulfonamides is 1. The van der Waals surface area contributed by atoms with E-state index in [0.717, 1.165) is 42.4 Å². The van der Waals surface area contributed by atoms with Crippen LogP contribution < -0.4 is 4.72 Å². The zero-order valence-electron chi connectivity index (χ0n) is 13.3. The van der Waals surface area contributed by atoms with Crippen molar-refractivity contribution >= 4 is 15.9 Å². The van der Waals surface area contributed by atoms with Gasteiger partial charge in [-0.1, -0.05) is 30.3 Å². The average molecular weight is 341 g/mol. The quantitative estimate of drug-likeness (QED) is 0.934. The predicted molar refractivity (Wildman–Crippen MR) is 91.3 cm³/mol. The largest absolute Gasteiger partial charge is 0.273 e. The lowest BCUT2D eigenvalue weighted by molar-refractivity contribution is -0.121. The van der Waals surface area contributed by atoms with Crippen LogP contribution in [0.5, 0.6) is 0 Å². The number of carbonyl (C=O) groups is 1. The lowest BCUT2D eigenvalue weighted by Gasteiger charge is -2.28. The summed E-state index contributed by atoms with van der Waals surface area (Å²) in [5.74, 6) is -0.806. The molecular formula is C19H19NO3S. The van der Waals surface area contributed by atoms with E-state index in [9.17, 15) is 13.2 Å². The van der Waals surface area contributed by atoms with E-state index in [2.05, 4.69) is 4.72 Å². The minimum absolute atomic E-state index is 0.184. The lowest BCUT2D eigenvalue weighted by atomic mass is 9.77. The Morgan fingerprint density at radius 2 is 1.71 bits per heavy atom. The van der Waals surface area contributed by atoms with Crippen LogP contribution in [0.15, 0.2) is 47.4 Å². The molecule has 124 valence electrons. The summed E-state index contributed by atoms with van der Waals surface area (Å²) >= 11 is 0. The molecule has 5 heteroatoms. The van der Waals surface area contributed by atoms with E-state index in [0.29, 0.717) is 6.42 Å². The number of nitrogens with one attached hydrogen (secondary N) is 1. The Balaban J connectivity index is 1.55. The third kappa shape index (κ3) is 2.63. The second kappa shape index (κ2) is 5.74. The van der Waals surface area contributed by atoms with Gasteiger partial charge in [0.25, 0.3) is 10.0 Å². The van der Waals surface area contributed by atoms with E-state index in [1.807, 2.05) is 30.3 Å². The van der Waals surface area contributed by atoms with Gasteiger partial charge in [-0.3, -0.25) is 4.79 Å². The van der Waals surface area contributed by atoms with Crippen molar-refractivity contribution in [3.8, 4) is 0 Å². The van der Waals surface area contributed by atoms with Crippen LogP contribution in [0.2, 0.25) is 0 Å². The number of hydrogen-bond acceptors (Lipinski definition) is 3. The third-order valence-electron chi connectivity index (χ3n) is 5.04. The van der Waals surface area contributed by atoms with Crippen molar-refractivity contribution in [2.75, 3.05) is 0 Å². The zero-order valence-corrected chi connectivity index (χ0v) is 14.1. The fourth-order valence-electron chi connectivity index (χ4n) is 3.63. The summed E-state index contributed by atoms with van der Waals surface area (Å²) in [5.41, 5.74) is 4.35. The van der Waals surface area contributed by atoms with Gasteiger partial charge in [-0.2, -0.15) is 0 Å². The molecule has 2 aliphatic rings. The SMILES string of the molecule is O=C(NS(=O)(=O)c1ccc2c(c1)CCCC2)C1Cc2ccccc21. The molecule has 0 fully saturated rings. The Hall–Kier alpha value is -2.14. The van der Waals surface area contributed by atoms with Gasteiger partial charge in [0.1, 0.15) is 0 Å². The van der Waals surface area contributed by atoms with Crippen LogP contribution in [0.4, 0.5) is 0 Å². The standard InChI is InChI=1S/C19H19NO3S/c21-19(18-12-15-7-3-4-8-17(15)18)20-24(22,23)16-10-9-13-5-1-2-6-14(13)11-16/h3-4,7-11,18H,1-2,5-6,12H2,(H,20,21). The Kier molecular flexibility index (Phi) is 3.68. The van der Waals surface area contributed by atoms with Crippen molar-refractivity contribution in [1.82, 2.24) is 4.72 Å². The van der Waals surface area contributed by atoms with Crippen molar-refractivity contribution < 1.29 is 13.2 Å². The molecule has 0 saturated heterocycles. The molecule has 0 heterocycles. The summed E-state index contributed by atoms with van der Waals surface area (Å²) in [7, 11) is -3.82. The first-order chi connectivity index (χ1) is 11.5. The van der Waals surface area contributed by atoms with Gasteiger partial charge in [0.05, 0.1) is 10.8 Å². The molecule has 4 rings (SSSR count). The van der Waals surface area contributed by atoms with Crippen molar-refractivity contribution in [2.45, 2.75) is 42.9 Å². The molecule has 1 unspecified atom stereocenters. The summed E-state index contributed by atoms with van der Waals surface area (Å²) in [5, 5.41) is 0. The van der Waals surface area contributed by atoms with E-state index < -0.39 is 15.9 Å². The number of rotatable bonds is 3. The minimum Gasteiger partial charge on any atom is -0.273 e. The van der Waals surface area contributed by atoms with Crippen molar-refractivity contribution in [1.29, 1.82) is 0 Å². The maximum Gasteiger partial charge on any atom is 0.264 e. The minimum atomic E-state index is -3.82. The number of carbonyl (C=O) groups excluding carboxylic acids is 1. The van der Waals surface area contributed by atoms with E-state index in [-0.39, 0.29) is 10.8 Å². The Morgan fingerprint density at radius 1 is 0.958 bits per heavy atom. The number of benzene rings is 2. The molecule has 1 N–H and O–H groups in total. The Morgan fingerprint density at radius 3 is 2.50 bits per heavy atom. The second-order valence-electron chi connectivity index (χ2n) is 6.56. The lowest BCUT2D eigenvalue weighted by Crippen LogP contribution is -2.39. The van der Waals surface area contributed by atoms with Gasteiger partial charge in [0, 0.05) is 0 Å². The summed E-state index contributed by atoms with van der Waals surface area (Å²) in [4.78, 5) is 12.6. The van der Waals surface area contributed by atoms with Crippen molar-refractivity contribution in [2.24, 2.45) is 0 Å². The van der Waals surface area contributed by atoms with Crippen LogP contribution >= 0.6 is 0 Å². The summed E-state index contributed by atoms with van der Waals surface area (Å²) in [6, 6.07) is 12.9. The van der Waals surface area contributed by atoms with Crippen LogP contribution in [0, 0.1) is 0 Å². The highest BCUT2D eigenvalue weighted by Crippen LogP contribution is 2.35. The highest BCUT2D eigenvalue weighted by Gasteiger charge is 2.34. The number of amides is 1. The molecule has 0 radical (unpaired) electrons. The molecule has 0 bridgehead atoms. The Bertz CT molecular complexity index is 918. The maximum atomic E-state index is 12.6. The van der Waals surface area contributed by atoms with Crippen LogP contribution in [0.3, 0.4) is 0 Å². The second-order valence-corrected chi connectivity index (χ2v) is 8.25. The normalized spacial score (nSPS) is 18.9. The van der Waals surface area contributed by atoms with Crippen LogP contribution in [0.25, 0.3) is 0 Å². The fraction of sp³-hybridized carbons (Fsp3) is 0.316. The highest BCUT2D eigenvalue weighted by atomic mass is 32.2. The molecule has 24 heavy (non-hydrogen) atoms. The summed E-state index contributed by atoms with van der Waals surface area (Å²) in [6.07, 6.45) is 4.74. The van der Waals surface area contributed by atoms with Gasteiger partial charge >= 0.3 is 0 Å². The molecule has 2 aromatic carbocycles. The van der Waals surface area contributed by atoms with Gasteiger partial charge in [0.2, 0.25) is 5.91 Å². The van der Waals surface area contributed by atoms with Crippen molar-refractivity contribution in [3.63, 3.8) is 0 Å². The number of fused-ring (bicyclic) bond motifs is 2. The predicted octanol–water partition coefficient (Wildman–Crippen LogP) is 2.71. The Labute approximate surface area is 142 Å². The summed E-state index contributed by atoms with van der Waals surface area (Å²) < 4.78 is 27.4. The topological polar surface area (TPSA) is 63.2 Å². The molecule has 1 amide bonds. The van der Waals surface area contributed by atoms with Crippen LogP contribution in [-0.2, 0) is 34.1 Å². The molecule has 0 saturated carbocycles. The molecule has 0 aromatic heterocycles. The van der Waals surface area contributed by atoms with Gasteiger partial charge in [-0.15, -0.1) is 0 Å².